The predicted octanol–water partition coefficient (Wildman–Crippen LogP) is 4.12. The number of halogens is 2. The van der Waals surface area contributed by atoms with Crippen LogP contribution in [0, 0.1) is 18.6 Å². The normalized spacial score (nSPS) is 12.1. The van der Waals surface area contributed by atoms with E-state index in [1.165, 1.54) is 6.07 Å². The van der Waals surface area contributed by atoms with Gasteiger partial charge in [0.25, 0.3) is 0 Å². The van der Waals surface area contributed by atoms with Gasteiger partial charge in [-0.15, -0.1) is 0 Å². The molecule has 1 nitrogen and oxygen atoms in total. The van der Waals surface area contributed by atoms with Crippen LogP contribution in [-0.4, -0.2) is 4.98 Å². The molecule has 1 aromatic heterocycles. The summed E-state index contributed by atoms with van der Waals surface area (Å²) in [6.45, 7) is 7.72. The molecule has 2 rings (SSSR count). The number of pyridine rings is 1. The molecule has 2 aromatic rings. The highest BCUT2D eigenvalue weighted by atomic mass is 19.2. The van der Waals surface area contributed by atoms with Crippen LogP contribution in [0.4, 0.5) is 8.78 Å². The molecular weight excluding hydrogens is 220 g/mol. The van der Waals surface area contributed by atoms with E-state index in [2.05, 4.69) is 4.98 Å². The molecular formula is C14H15F2N. The minimum absolute atomic E-state index is 0.250. The standard InChI is InChI=1S/C14H15F2N/c1-8-5-6-9-12(16)11(15)7-10(13(9)17-8)14(2,3)4/h5-7H,1-4H3. The van der Waals surface area contributed by atoms with Gasteiger partial charge >= 0.3 is 0 Å². The molecule has 0 fully saturated rings. The molecule has 0 radical (unpaired) electrons. The molecule has 17 heavy (non-hydrogen) atoms. The molecule has 0 saturated carbocycles. The van der Waals surface area contributed by atoms with Crippen molar-refractivity contribution in [1.82, 2.24) is 4.98 Å². The molecule has 1 heterocycles. The minimum atomic E-state index is -0.819. The number of aryl methyl sites for hydroxylation is 1. The maximum Gasteiger partial charge on any atom is 0.168 e. The van der Waals surface area contributed by atoms with Gasteiger partial charge in [0.15, 0.2) is 11.6 Å². The number of rotatable bonds is 0. The van der Waals surface area contributed by atoms with Crippen molar-refractivity contribution in [1.29, 1.82) is 0 Å². The van der Waals surface area contributed by atoms with Crippen LogP contribution >= 0.6 is 0 Å². The lowest BCUT2D eigenvalue weighted by molar-refractivity contribution is 0.508. The summed E-state index contributed by atoms with van der Waals surface area (Å²) in [5.41, 5.74) is 1.81. The fourth-order valence-corrected chi connectivity index (χ4v) is 1.90. The summed E-state index contributed by atoms with van der Waals surface area (Å²) in [7, 11) is 0. The van der Waals surface area contributed by atoms with Gasteiger partial charge in [-0.05, 0) is 36.1 Å². The van der Waals surface area contributed by atoms with E-state index in [0.29, 0.717) is 5.52 Å². The highest BCUT2D eigenvalue weighted by molar-refractivity contribution is 5.83. The van der Waals surface area contributed by atoms with Crippen LogP contribution in [0.3, 0.4) is 0 Å². The molecule has 0 bridgehead atoms. The second-order valence-corrected chi connectivity index (χ2v) is 5.32. The summed E-state index contributed by atoms with van der Waals surface area (Å²) in [5, 5.41) is 0.250. The van der Waals surface area contributed by atoms with Crippen molar-refractivity contribution >= 4 is 10.9 Å². The number of nitrogens with zero attached hydrogens (tertiary/aromatic N) is 1. The van der Waals surface area contributed by atoms with E-state index in [9.17, 15) is 8.78 Å². The van der Waals surface area contributed by atoms with Crippen molar-refractivity contribution in [2.24, 2.45) is 0 Å². The number of fused-ring (bicyclic) bond motifs is 1. The van der Waals surface area contributed by atoms with E-state index in [-0.39, 0.29) is 10.8 Å². The van der Waals surface area contributed by atoms with Gasteiger partial charge in [-0.3, -0.25) is 4.98 Å². The first-order chi connectivity index (χ1) is 7.80. The molecule has 1 aromatic carbocycles. The predicted molar refractivity (Wildman–Crippen MR) is 65.1 cm³/mol. The second kappa shape index (κ2) is 3.76. The number of hydrogen-bond donors (Lipinski definition) is 0. The van der Waals surface area contributed by atoms with Gasteiger partial charge in [0, 0.05) is 11.1 Å². The molecule has 0 aliphatic heterocycles. The number of hydrogen-bond acceptors (Lipinski definition) is 1. The van der Waals surface area contributed by atoms with Crippen LogP contribution in [0.1, 0.15) is 32.0 Å². The largest absolute Gasteiger partial charge is 0.253 e. The quantitative estimate of drug-likeness (QED) is 0.669. The van der Waals surface area contributed by atoms with Crippen LogP contribution in [0.25, 0.3) is 10.9 Å². The summed E-state index contributed by atoms with van der Waals surface area (Å²) < 4.78 is 27.2. The van der Waals surface area contributed by atoms with Crippen molar-refractivity contribution in [2.45, 2.75) is 33.1 Å². The van der Waals surface area contributed by atoms with Crippen LogP contribution in [0.5, 0.6) is 0 Å². The molecule has 0 aliphatic carbocycles. The summed E-state index contributed by atoms with van der Waals surface area (Å²) >= 11 is 0. The van der Waals surface area contributed by atoms with E-state index in [1.54, 1.807) is 12.1 Å². The Morgan fingerprint density at radius 1 is 1.12 bits per heavy atom. The van der Waals surface area contributed by atoms with Crippen molar-refractivity contribution in [3.05, 3.63) is 41.1 Å². The van der Waals surface area contributed by atoms with Gasteiger partial charge in [0.2, 0.25) is 0 Å². The van der Waals surface area contributed by atoms with E-state index in [4.69, 9.17) is 0 Å². The first kappa shape index (κ1) is 12.0. The molecule has 0 spiro atoms. The fourth-order valence-electron chi connectivity index (χ4n) is 1.90. The molecule has 0 atom stereocenters. The Hall–Kier alpha value is -1.51. The average molecular weight is 235 g/mol. The Balaban J connectivity index is 2.93. The summed E-state index contributed by atoms with van der Waals surface area (Å²) in [6, 6.07) is 4.53. The summed E-state index contributed by atoms with van der Waals surface area (Å²) in [4.78, 5) is 4.34. The maximum atomic E-state index is 13.7. The smallest absolute Gasteiger partial charge is 0.168 e. The van der Waals surface area contributed by atoms with Crippen molar-refractivity contribution in [3.8, 4) is 0 Å². The Kier molecular flexibility index (Phi) is 2.64. The number of aromatic nitrogens is 1. The Morgan fingerprint density at radius 2 is 1.76 bits per heavy atom. The lowest BCUT2D eigenvalue weighted by Gasteiger charge is -2.21. The third-order valence-electron chi connectivity index (χ3n) is 2.81. The van der Waals surface area contributed by atoms with Crippen LogP contribution in [0.15, 0.2) is 18.2 Å². The second-order valence-electron chi connectivity index (χ2n) is 5.32. The van der Waals surface area contributed by atoms with Crippen molar-refractivity contribution in [2.75, 3.05) is 0 Å². The molecule has 0 amide bonds. The minimum Gasteiger partial charge on any atom is -0.253 e. The molecule has 90 valence electrons. The Morgan fingerprint density at radius 3 is 2.35 bits per heavy atom. The first-order valence-corrected chi connectivity index (χ1v) is 5.56. The molecule has 0 unspecified atom stereocenters. The van der Waals surface area contributed by atoms with Gasteiger partial charge < -0.3 is 0 Å². The number of benzene rings is 1. The van der Waals surface area contributed by atoms with Gasteiger partial charge in [0.05, 0.1) is 5.52 Å². The van der Waals surface area contributed by atoms with E-state index < -0.39 is 11.6 Å². The molecule has 3 heteroatoms. The lowest BCUT2D eigenvalue weighted by Crippen LogP contribution is -2.13. The van der Waals surface area contributed by atoms with E-state index in [0.717, 1.165) is 11.3 Å². The van der Waals surface area contributed by atoms with Crippen molar-refractivity contribution < 1.29 is 8.78 Å². The summed E-state index contributed by atoms with van der Waals surface area (Å²) in [6.07, 6.45) is 0. The average Bonchev–Trinajstić information content (AvgIpc) is 2.21. The van der Waals surface area contributed by atoms with Crippen molar-refractivity contribution in [3.63, 3.8) is 0 Å². The first-order valence-electron chi connectivity index (χ1n) is 5.56. The highest BCUT2D eigenvalue weighted by Crippen LogP contribution is 2.31. The molecule has 0 saturated heterocycles. The fraction of sp³-hybridized carbons (Fsp3) is 0.357. The zero-order valence-electron chi connectivity index (χ0n) is 10.4. The summed E-state index contributed by atoms with van der Waals surface area (Å²) in [5.74, 6) is -1.63. The van der Waals surface area contributed by atoms with E-state index in [1.807, 2.05) is 27.7 Å². The zero-order valence-corrected chi connectivity index (χ0v) is 10.4. The van der Waals surface area contributed by atoms with Gasteiger partial charge in [-0.1, -0.05) is 20.8 Å². The van der Waals surface area contributed by atoms with Crippen LogP contribution < -0.4 is 0 Å². The topological polar surface area (TPSA) is 12.9 Å². The van der Waals surface area contributed by atoms with Crippen LogP contribution in [-0.2, 0) is 5.41 Å². The lowest BCUT2D eigenvalue weighted by atomic mass is 9.85. The zero-order chi connectivity index (χ0) is 12.8. The monoisotopic (exact) mass is 235 g/mol. The van der Waals surface area contributed by atoms with Gasteiger partial charge in [-0.25, -0.2) is 8.78 Å². The molecule has 0 aliphatic rings. The third-order valence-corrected chi connectivity index (χ3v) is 2.81. The molecule has 0 N–H and O–H groups in total. The SMILES string of the molecule is Cc1ccc2c(F)c(F)cc(C(C)(C)C)c2n1. The Bertz CT molecular complexity index is 583. The highest BCUT2D eigenvalue weighted by Gasteiger charge is 2.22. The Labute approximate surface area is 99.5 Å². The maximum absolute atomic E-state index is 13.7. The van der Waals surface area contributed by atoms with E-state index >= 15 is 0 Å². The van der Waals surface area contributed by atoms with Gasteiger partial charge in [-0.2, -0.15) is 0 Å². The van der Waals surface area contributed by atoms with Gasteiger partial charge in [0.1, 0.15) is 0 Å². The third kappa shape index (κ3) is 2.02. The van der Waals surface area contributed by atoms with Crippen LogP contribution in [0.2, 0.25) is 0 Å².